The second-order valence-electron chi connectivity index (χ2n) is 8.07. The van der Waals surface area contributed by atoms with Gasteiger partial charge in [-0.05, 0) is 12.0 Å². The molecule has 0 saturated carbocycles. The van der Waals surface area contributed by atoms with Crippen molar-refractivity contribution in [2.75, 3.05) is 59.0 Å². The van der Waals surface area contributed by atoms with Crippen molar-refractivity contribution in [1.29, 1.82) is 0 Å². The van der Waals surface area contributed by atoms with Crippen molar-refractivity contribution in [3.63, 3.8) is 0 Å². The van der Waals surface area contributed by atoms with Crippen molar-refractivity contribution >= 4 is 11.8 Å². The van der Waals surface area contributed by atoms with Crippen molar-refractivity contribution < 1.29 is 14.3 Å². The van der Waals surface area contributed by atoms with E-state index in [1.54, 1.807) is 11.8 Å². The molecule has 2 aliphatic heterocycles. The van der Waals surface area contributed by atoms with E-state index in [9.17, 15) is 9.59 Å². The molecule has 166 valence electrons. The first kappa shape index (κ1) is 22.7. The van der Waals surface area contributed by atoms with Gasteiger partial charge in [-0.3, -0.25) is 19.4 Å². The Morgan fingerprint density at radius 3 is 2.63 bits per heavy atom. The average Bonchev–Trinajstić information content (AvgIpc) is 3.22. The zero-order chi connectivity index (χ0) is 21.3. The first-order valence-corrected chi connectivity index (χ1v) is 10.9. The molecule has 2 unspecified atom stereocenters. The largest absolute Gasteiger partial charge is 0.379 e. The van der Waals surface area contributed by atoms with Gasteiger partial charge < -0.3 is 20.7 Å². The van der Waals surface area contributed by atoms with Gasteiger partial charge in [-0.15, -0.1) is 0 Å². The van der Waals surface area contributed by atoms with Crippen LogP contribution in [0.25, 0.3) is 0 Å². The Hall–Kier alpha value is -2.00. The second-order valence-corrected chi connectivity index (χ2v) is 8.07. The van der Waals surface area contributed by atoms with Crippen molar-refractivity contribution in [2.24, 2.45) is 5.73 Å². The lowest BCUT2D eigenvalue weighted by Gasteiger charge is -2.33. The predicted octanol–water partition coefficient (Wildman–Crippen LogP) is -0.115. The number of amides is 2. The summed E-state index contributed by atoms with van der Waals surface area (Å²) < 4.78 is 5.46. The van der Waals surface area contributed by atoms with E-state index >= 15 is 0 Å². The fourth-order valence-corrected chi connectivity index (χ4v) is 4.29. The summed E-state index contributed by atoms with van der Waals surface area (Å²) in [6.07, 6.45) is 0.645. The van der Waals surface area contributed by atoms with Gasteiger partial charge in [-0.25, -0.2) is 0 Å². The summed E-state index contributed by atoms with van der Waals surface area (Å²) in [5, 5.41) is 2.85. The number of carbonyl (C=O) groups excluding carboxylic acids is 2. The lowest BCUT2D eigenvalue weighted by atomic mass is 10.1. The Morgan fingerprint density at radius 1 is 1.23 bits per heavy atom. The minimum Gasteiger partial charge on any atom is -0.379 e. The van der Waals surface area contributed by atoms with E-state index in [1.807, 2.05) is 6.07 Å². The molecular formula is C22H35N5O3. The molecule has 0 spiro atoms. The number of benzene rings is 1. The van der Waals surface area contributed by atoms with Crippen LogP contribution >= 0.6 is 0 Å². The summed E-state index contributed by atoms with van der Waals surface area (Å²) in [5.74, 6) is -0.163. The van der Waals surface area contributed by atoms with Crippen LogP contribution in [0.4, 0.5) is 0 Å². The molecule has 2 atom stereocenters. The fourth-order valence-electron chi connectivity index (χ4n) is 4.29. The van der Waals surface area contributed by atoms with Gasteiger partial charge in [0.05, 0.1) is 13.2 Å². The number of rotatable bonds is 9. The van der Waals surface area contributed by atoms with Gasteiger partial charge in [-0.1, -0.05) is 30.3 Å². The topological polar surface area (TPSA) is 91.1 Å². The van der Waals surface area contributed by atoms with E-state index in [4.69, 9.17) is 10.5 Å². The molecule has 30 heavy (non-hydrogen) atoms. The number of likely N-dealkylation sites (tertiary alicyclic amines) is 1. The maximum absolute atomic E-state index is 12.6. The molecule has 1 aromatic rings. The number of ether oxygens (including phenoxy) is 1. The van der Waals surface area contributed by atoms with Crippen LogP contribution in [0.3, 0.4) is 0 Å². The van der Waals surface area contributed by atoms with E-state index in [2.05, 4.69) is 39.4 Å². The number of nitrogens with one attached hydrogen (secondary N) is 1. The number of nitrogens with zero attached hydrogens (tertiary/aromatic N) is 3. The molecule has 2 amide bonds. The van der Waals surface area contributed by atoms with E-state index < -0.39 is 6.04 Å². The molecule has 2 saturated heterocycles. The summed E-state index contributed by atoms with van der Waals surface area (Å²) in [6.45, 7) is 9.05. The Morgan fingerprint density at radius 2 is 1.97 bits per heavy atom. The SMILES string of the molecule is CC(=O)N1CC(N(CCN2CCOCC2)Cc2ccccc2)CC1C(=O)NCCN. The quantitative estimate of drug-likeness (QED) is 0.582. The lowest BCUT2D eigenvalue weighted by molar-refractivity contribution is -0.136. The van der Waals surface area contributed by atoms with Crippen LogP contribution in [0.2, 0.25) is 0 Å². The van der Waals surface area contributed by atoms with Crippen molar-refractivity contribution in [1.82, 2.24) is 20.0 Å². The predicted molar refractivity (Wildman–Crippen MR) is 116 cm³/mol. The fraction of sp³-hybridized carbons (Fsp3) is 0.636. The minimum absolute atomic E-state index is 0.0572. The number of hydrogen-bond donors (Lipinski definition) is 2. The van der Waals surface area contributed by atoms with Gasteiger partial charge in [0.25, 0.3) is 0 Å². The molecule has 1 aromatic carbocycles. The highest BCUT2D eigenvalue weighted by molar-refractivity contribution is 5.87. The summed E-state index contributed by atoms with van der Waals surface area (Å²) in [6, 6.07) is 10.1. The maximum atomic E-state index is 12.6. The normalized spacial score (nSPS) is 22.4. The molecule has 3 rings (SSSR count). The molecule has 2 aliphatic rings. The Kier molecular flexibility index (Phi) is 8.62. The van der Waals surface area contributed by atoms with Crippen molar-refractivity contribution in [2.45, 2.75) is 32.0 Å². The molecular weight excluding hydrogens is 382 g/mol. The minimum atomic E-state index is -0.430. The molecule has 0 bridgehead atoms. The highest BCUT2D eigenvalue weighted by atomic mass is 16.5. The smallest absolute Gasteiger partial charge is 0.242 e. The van der Waals surface area contributed by atoms with E-state index in [1.165, 1.54) is 5.56 Å². The lowest BCUT2D eigenvalue weighted by Crippen LogP contribution is -2.46. The zero-order valence-electron chi connectivity index (χ0n) is 18.0. The van der Waals surface area contributed by atoms with Crippen LogP contribution in [0.5, 0.6) is 0 Å². The molecule has 0 aromatic heterocycles. The highest BCUT2D eigenvalue weighted by Crippen LogP contribution is 2.24. The van der Waals surface area contributed by atoms with Crippen LogP contribution < -0.4 is 11.1 Å². The summed E-state index contributed by atoms with van der Waals surface area (Å²) in [7, 11) is 0. The first-order chi connectivity index (χ1) is 14.6. The van der Waals surface area contributed by atoms with Gasteiger partial charge in [0.1, 0.15) is 6.04 Å². The maximum Gasteiger partial charge on any atom is 0.242 e. The van der Waals surface area contributed by atoms with Crippen LogP contribution in [0.1, 0.15) is 18.9 Å². The molecule has 8 heteroatoms. The number of carbonyl (C=O) groups is 2. The highest BCUT2D eigenvalue weighted by Gasteiger charge is 2.40. The van der Waals surface area contributed by atoms with E-state index in [0.717, 1.165) is 45.9 Å². The van der Waals surface area contributed by atoms with Gasteiger partial charge in [0.15, 0.2) is 0 Å². The summed E-state index contributed by atoms with van der Waals surface area (Å²) in [5.41, 5.74) is 6.77. The van der Waals surface area contributed by atoms with E-state index in [0.29, 0.717) is 26.1 Å². The molecule has 2 heterocycles. The first-order valence-electron chi connectivity index (χ1n) is 10.9. The number of morpholine rings is 1. The summed E-state index contributed by atoms with van der Waals surface area (Å²) >= 11 is 0. The molecule has 8 nitrogen and oxygen atoms in total. The van der Waals surface area contributed by atoms with Crippen LogP contribution in [-0.4, -0.2) is 97.6 Å². The van der Waals surface area contributed by atoms with Crippen molar-refractivity contribution in [3.8, 4) is 0 Å². The Balaban J connectivity index is 1.70. The van der Waals surface area contributed by atoms with Gasteiger partial charge >= 0.3 is 0 Å². The summed E-state index contributed by atoms with van der Waals surface area (Å²) in [4.78, 5) is 31.5. The Labute approximate surface area is 179 Å². The van der Waals surface area contributed by atoms with Gasteiger partial charge in [-0.2, -0.15) is 0 Å². The third-order valence-corrected chi connectivity index (χ3v) is 5.98. The second kappa shape index (κ2) is 11.4. The third-order valence-electron chi connectivity index (χ3n) is 5.98. The molecule has 3 N–H and O–H groups in total. The molecule has 2 fully saturated rings. The van der Waals surface area contributed by atoms with Crippen LogP contribution in [0, 0.1) is 0 Å². The number of hydrogen-bond acceptors (Lipinski definition) is 6. The third kappa shape index (κ3) is 6.25. The average molecular weight is 418 g/mol. The monoisotopic (exact) mass is 417 g/mol. The van der Waals surface area contributed by atoms with Crippen LogP contribution in [-0.2, 0) is 20.9 Å². The Bertz CT molecular complexity index is 681. The van der Waals surface area contributed by atoms with Crippen LogP contribution in [0.15, 0.2) is 30.3 Å². The zero-order valence-corrected chi connectivity index (χ0v) is 18.0. The number of nitrogens with two attached hydrogens (primary N) is 1. The van der Waals surface area contributed by atoms with Crippen molar-refractivity contribution in [3.05, 3.63) is 35.9 Å². The van der Waals surface area contributed by atoms with Gasteiger partial charge in [0, 0.05) is 65.3 Å². The molecule has 0 radical (unpaired) electrons. The van der Waals surface area contributed by atoms with E-state index in [-0.39, 0.29) is 17.9 Å². The molecule has 0 aliphatic carbocycles. The van der Waals surface area contributed by atoms with Gasteiger partial charge in [0.2, 0.25) is 11.8 Å². The standard InChI is InChI=1S/C22H35N5O3/c1-18(28)27-17-20(15-21(27)22(29)24-8-7-23)26(16-19-5-3-2-4-6-19)10-9-25-11-13-30-14-12-25/h2-6,20-21H,7-17,23H2,1H3,(H,24,29).